The van der Waals surface area contributed by atoms with Gasteiger partial charge in [0.2, 0.25) is 0 Å². The number of aromatic amines is 1. The molecule has 0 saturated carbocycles. The van der Waals surface area contributed by atoms with Gasteiger partial charge < -0.3 is 20.3 Å². The number of urea groups is 1. The van der Waals surface area contributed by atoms with Crippen molar-refractivity contribution in [2.75, 3.05) is 18.5 Å². The lowest BCUT2D eigenvalue weighted by molar-refractivity contribution is 0.182. The molecule has 0 fully saturated rings. The van der Waals surface area contributed by atoms with Gasteiger partial charge in [0, 0.05) is 25.0 Å². The first-order valence-corrected chi connectivity index (χ1v) is 9.74. The van der Waals surface area contributed by atoms with Gasteiger partial charge in [0.1, 0.15) is 5.82 Å². The minimum Gasteiger partial charge on any atom is -0.396 e. The summed E-state index contributed by atoms with van der Waals surface area (Å²) in [4.78, 5) is 28.8. The van der Waals surface area contributed by atoms with Crippen LogP contribution in [-0.4, -0.2) is 34.2 Å². The summed E-state index contributed by atoms with van der Waals surface area (Å²) >= 11 is 5.75. The van der Waals surface area contributed by atoms with E-state index in [1.165, 1.54) is 23.2 Å². The highest BCUT2D eigenvalue weighted by atomic mass is 35.5. The number of aromatic nitrogens is 1. The van der Waals surface area contributed by atoms with Crippen molar-refractivity contribution in [1.29, 1.82) is 0 Å². The van der Waals surface area contributed by atoms with E-state index in [2.05, 4.69) is 10.3 Å². The smallest absolute Gasteiger partial charge is 0.322 e. The van der Waals surface area contributed by atoms with E-state index < -0.39 is 35.1 Å². The number of rotatable bonds is 6. The molecular weight excluding hydrogens is 435 g/mol. The summed E-state index contributed by atoms with van der Waals surface area (Å²) in [5.41, 5.74) is 0.0212. The highest BCUT2D eigenvalue weighted by molar-refractivity contribution is 6.31. The number of carbonyl (C=O) groups excluding carboxylic acids is 1. The van der Waals surface area contributed by atoms with E-state index >= 15 is 0 Å². The fourth-order valence-corrected chi connectivity index (χ4v) is 3.45. The van der Waals surface area contributed by atoms with Gasteiger partial charge in [-0.15, -0.1) is 0 Å². The maximum atomic E-state index is 13.9. The Hall–Kier alpha value is -3.04. The number of hydrogen-bond donors (Lipinski definition) is 3. The normalized spacial score (nSPS) is 12.1. The maximum Gasteiger partial charge on any atom is 0.322 e. The third-order valence-corrected chi connectivity index (χ3v) is 5.17. The molecule has 2 amide bonds. The van der Waals surface area contributed by atoms with Crippen LogP contribution in [0.3, 0.4) is 0 Å². The van der Waals surface area contributed by atoms with Crippen molar-refractivity contribution in [3.63, 3.8) is 0 Å². The van der Waals surface area contributed by atoms with Crippen LogP contribution in [0.4, 0.5) is 23.7 Å². The van der Waals surface area contributed by atoms with Crippen LogP contribution >= 0.6 is 11.6 Å². The summed E-state index contributed by atoms with van der Waals surface area (Å²) in [6.07, 6.45) is 1.58. The van der Waals surface area contributed by atoms with E-state index in [-0.39, 0.29) is 41.1 Å². The molecule has 0 radical (unpaired) electrons. The molecule has 0 unspecified atom stereocenters. The number of halogens is 4. The predicted molar refractivity (Wildman–Crippen MR) is 112 cm³/mol. The second-order valence-corrected chi connectivity index (χ2v) is 7.30. The number of nitrogens with zero attached hydrogens (tertiary/aromatic N) is 1. The largest absolute Gasteiger partial charge is 0.396 e. The zero-order chi connectivity index (χ0) is 22.7. The summed E-state index contributed by atoms with van der Waals surface area (Å²) in [6.45, 7) is 1.57. The first-order chi connectivity index (χ1) is 14.7. The van der Waals surface area contributed by atoms with Crippen molar-refractivity contribution in [3.8, 4) is 0 Å². The molecule has 3 N–H and O–H groups in total. The molecule has 3 aromatic rings. The fraction of sp³-hybridized carbons (Fsp3) is 0.238. The lowest BCUT2D eigenvalue weighted by Crippen LogP contribution is -2.38. The van der Waals surface area contributed by atoms with E-state index in [0.29, 0.717) is 5.56 Å². The van der Waals surface area contributed by atoms with Crippen LogP contribution in [0, 0.1) is 17.5 Å². The van der Waals surface area contributed by atoms with Gasteiger partial charge in [-0.25, -0.2) is 18.0 Å². The highest BCUT2D eigenvalue weighted by Crippen LogP contribution is 2.29. The number of nitrogens with one attached hydrogen (secondary N) is 2. The molecule has 1 aromatic heterocycles. The first kappa shape index (κ1) is 22.6. The third kappa shape index (κ3) is 4.83. The topological polar surface area (TPSA) is 85.4 Å². The molecule has 0 aliphatic heterocycles. The molecule has 0 aliphatic carbocycles. The number of anilines is 1. The van der Waals surface area contributed by atoms with E-state index in [1.54, 1.807) is 6.92 Å². The number of H-pyrrole nitrogens is 1. The first-order valence-electron chi connectivity index (χ1n) is 9.36. The quantitative estimate of drug-likeness (QED) is 0.511. The summed E-state index contributed by atoms with van der Waals surface area (Å²) < 4.78 is 40.9. The van der Waals surface area contributed by atoms with Gasteiger partial charge in [0.05, 0.1) is 16.5 Å². The molecule has 0 bridgehead atoms. The Bertz CT molecular complexity index is 1190. The number of aliphatic hydroxyl groups is 1. The van der Waals surface area contributed by atoms with Crippen molar-refractivity contribution in [2.45, 2.75) is 19.4 Å². The third-order valence-electron chi connectivity index (χ3n) is 4.88. The number of hydrogen-bond acceptors (Lipinski definition) is 3. The predicted octanol–water partition coefficient (Wildman–Crippen LogP) is 4.58. The number of amides is 2. The Kier molecular flexibility index (Phi) is 6.87. The SMILES string of the molecule is C[C@H](c1c[nH]c(=O)c2cc(F)c(F)cc12)N(CCCO)C(=O)Nc1ccc(F)c(Cl)c1. The number of aliphatic hydroxyl groups excluding tert-OH is 1. The molecule has 1 heterocycles. The fourth-order valence-electron chi connectivity index (χ4n) is 3.27. The Balaban J connectivity index is 1.99. The molecule has 10 heteroatoms. The molecule has 0 spiro atoms. The minimum atomic E-state index is -1.16. The average molecular weight is 454 g/mol. The van der Waals surface area contributed by atoms with Gasteiger partial charge in [-0.1, -0.05) is 11.6 Å². The van der Waals surface area contributed by atoms with Crippen LogP contribution in [0.25, 0.3) is 10.8 Å². The van der Waals surface area contributed by atoms with Gasteiger partial charge >= 0.3 is 6.03 Å². The van der Waals surface area contributed by atoms with E-state index in [1.807, 2.05) is 0 Å². The lowest BCUT2D eigenvalue weighted by atomic mass is 10.0. The number of benzene rings is 2. The van der Waals surface area contributed by atoms with E-state index in [0.717, 1.165) is 18.2 Å². The molecule has 164 valence electrons. The molecule has 1 atom stereocenters. The summed E-state index contributed by atoms with van der Waals surface area (Å²) in [5.74, 6) is -2.93. The van der Waals surface area contributed by atoms with Crippen molar-refractivity contribution in [1.82, 2.24) is 9.88 Å². The monoisotopic (exact) mass is 453 g/mol. The van der Waals surface area contributed by atoms with E-state index in [9.17, 15) is 27.9 Å². The van der Waals surface area contributed by atoms with Crippen LogP contribution in [0.15, 0.2) is 41.3 Å². The highest BCUT2D eigenvalue weighted by Gasteiger charge is 2.24. The molecule has 3 rings (SSSR count). The summed E-state index contributed by atoms with van der Waals surface area (Å²) in [5, 5.41) is 11.7. The molecule has 0 saturated heterocycles. The zero-order valence-electron chi connectivity index (χ0n) is 16.4. The Morgan fingerprint density at radius 2 is 1.84 bits per heavy atom. The summed E-state index contributed by atoms with van der Waals surface area (Å²) in [6, 6.07) is 4.11. The number of pyridine rings is 1. The summed E-state index contributed by atoms with van der Waals surface area (Å²) in [7, 11) is 0. The van der Waals surface area contributed by atoms with Gasteiger partial charge in [0.15, 0.2) is 11.6 Å². The lowest BCUT2D eigenvalue weighted by Gasteiger charge is -2.30. The number of fused-ring (bicyclic) bond motifs is 1. The minimum absolute atomic E-state index is 0.0592. The molecule has 6 nitrogen and oxygen atoms in total. The van der Waals surface area contributed by atoms with Crippen molar-refractivity contribution >= 4 is 34.1 Å². The van der Waals surface area contributed by atoms with Gasteiger partial charge in [-0.05, 0) is 54.6 Å². The Morgan fingerprint density at radius 1 is 1.16 bits per heavy atom. The average Bonchev–Trinajstić information content (AvgIpc) is 2.72. The van der Waals surface area contributed by atoms with Crippen LogP contribution in [0.2, 0.25) is 5.02 Å². The van der Waals surface area contributed by atoms with Crippen LogP contribution in [-0.2, 0) is 0 Å². The van der Waals surface area contributed by atoms with Crippen molar-refractivity contribution < 1.29 is 23.1 Å². The molecular formula is C21H19ClF3N3O3. The van der Waals surface area contributed by atoms with Crippen molar-refractivity contribution in [2.24, 2.45) is 0 Å². The Morgan fingerprint density at radius 3 is 2.48 bits per heavy atom. The Labute approximate surface area is 180 Å². The maximum absolute atomic E-state index is 13.9. The van der Waals surface area contributed by atoms with Crippen LogP contribution in [0.5, 0.6) is 0 Å². The van der Waals surface area contributed by atoms with Crippen LogP contribution < -0.4 is 10.9 Å². The van der Waals surface area contributed by atoms with Crippen molar-refractivity contribution in [3.05, 3.63) is 74.9 Å². The molecule has 2 aromatic carbocycles. The van der Waals surface area contributed by atoms with Gasteiger partial charge in [0.25, 0.3) is 5.56 Å². The van der Waals surface area contributed by atoms with Gasteiger partial charge in [-0.2, -0.15) is 0 Å². The second kappa shape index (κ2) is 9.40. The number of carbonyl (C=O) groups is 1. The standard InChI is InChI=1S/C21H19ClF3N3O3/c1-11(15-10-26-20(30)14-9-19(25)18(24)8-13(14)15)28(5-2-6-29)21(31)27-12-3-4-17(23)16(22)7-12/h3-4,7-11,29H,2,5-6H2,1H3,(H,26,30)(H,27,31)/t11-/m1/s1. The second-order valence-electron chi connectivity index (χ2n) is 6.89. The molecule has 31 heavy (non-hydrogen) atoms. The molecule has 0 aliphatic rings. The van der Waals surface area contributed by atoms with Crippen LogP contribution in [0.1, 0.15) is 24.9 Å². The van der Waals surface area contributed by atoms with Gasteiger partial charge in [-0.3, -0.25) is 4.79 Å². The zero-order valence-corrected chi connectivity index (χ0v) is 17.1. The van der Waals surface area contributed by atoms with E-state index in [4.69, 9.17) is 11.6 Å².